The van der Waals surface area contributed by atoms with Crippen LogP contribution in [0, 0.1) is 28.6 Å². The Kier molecular flexibility index (Phi) is 41.8. The average Bonchev–Trinajstić information content (AvgIpc) is 1.65. The lowest BCUT2D eigenvalue weighted by Gasteiger charge is -2.21. The largest absolute Gasteiger partial charge is 0.744 e. The van der Waals surface area contributed by atoms with Crippen LogP contribution in [0.4, 0.5) is 14.4 Å². The average molecular weight is 2450 g/mol. The maximum atomic E-state index is 11.7. The van der Waals surface area contributed by atoms with Gasteiger partial charge in [0.05, 0.1) is 19.6 Å². The van der Waals surface area contributed by atoms with E-state index in [1.54, 1.807) is 90.1 Å². The maximum absolute atomic E-state index is 11.7. The Balaban J connectivity index is 0.000000182. The summed E-state index contributed by atoms with van der Waals surface area (Å²) in [6, 6.07) is 83.0. The molecule has 752 valence electrons. The molecule has 0 saturated heterocycles. The summed E-state index contributed by atoms with van der Waals surface area (Å²) in [6.45, 7) is 38.6. The SMILES string of the molecule is CC(C)(C)OC(=O)OCOc1ccc2c(c1)-c1ccccc1[I+]2.CC(C)(C)OC(=O)OCOc1ccc2c(c1)[I+]c1ccccc1-2.CC(C)(C)OC(=O)Oc1ccc2c(c1)-c1ccccc1[I+]2.CC(C)(C)Oc1ccc2c(c1)-c1ccccc1[I+]2.CCC(C)c1ccc(S(=O)(=O)[O-])cc1.CCC(C)c1ccc(S(=O)(=O)[O-])cc1.CCC(C)c1ccc(S(=O)(=O)[O-])cc1.CCC(C)c1ccc(S(=O)(=O)[O-])cc1. The van der Waals surface area contributed by atoms with Gasteiger partial charge in [-0.1, -0.05) is 152 Å². The second-order valence-corrected chi connectivity index (χ2v) is 53.7. The third-order valence-electron chi connectivity index (χ3n) is 21.2. The zero-order valence-electron chi connectivity index (χ0n) is 82.4. The normalized spacial score (nSPS) is 13.1. The highest BCUT2D eigenvalue weighted by Crippen LogP contribution is 2.34. The van der Waals surface area contributed by atoms with Crippen LogP contribution < -0.4 is 104 Å². The van der Waals surface area contributed by atoms with Crippen molar-refractivity contribution in [2.45, 2.75) is 230 Å². The Morgan fingerprint density at radius 3 is 0.794 bits per heavy atom. The predicted octanol–water partition coefficient (Wildman–Crippen LogP) is 12.7. The summed E-state index contributed by atoms with van der Waals surface area (Å²) < 4.78 is 186. The van der Waals surface area contributed by atoms with E-state index in [0.717, 1.165) is 53.7 Å². The van der Waals surface area contributed by atoms with Crippen LogP contribution in [0.1, 0.15) is 210 Å². The number of carbonyl (C=O) groups excluding carboxylic acids is 3. The summed E-state index contributed by atoms with van der Waals surface area (Å²) in [4.78, 5) is 34.0. The number of fused-ring (bicyclic) bond motifs is 12. The van der Waals surface area contributed by atoms with Crippen molar-refractivity contribution in [3.8, 4) is 67.5 Å². The quantitative estimate of drug-likeness (QED) is 0.0171. The summed E-state index contributed by atoms with van der Waals surface area (Å²) in [5.41, 5.74) is 12.7. The fourth-order valence-electron chi connectivity index (χ4n) is 13.3. The minimum Gasteiger partial charge on any atom is -0.744 e. The van der Waals surface area contributed by atoms with E-state index in [-0.39, 0.29) is 124 Å². The van der Waals surface area contributed by atoms with Crippen LogP contribution in [0.3, 0.4) is 0 Å². The van der Waals surface area contributed by atoms with Gasteiger partial charge in [-0.2, -0.15) is 0 Å². The van der Waals surface area contributed by atoms with Crippen molar-refractivity contribution in [2.75, 3.05) is 13.6 Å². The first kappa shape index (κ1) is 115. The highest BCUT2D eigenvalue weighted by molar-refractivity contribution is 7.86. The second-order valence-electron chi connectivity index (χ2n) is 36.7. The summed E-state index contributed by atoms with van der Waals surface area (Å²) in [7, 11) is -17.2. The van der Waals surface area contributed by atoms with Crippen molar-refractivity contribution >= 4 is 58.9 Å². The van der Waals surface area contributed by atoms with Gasteiger partial charge in [-0.15, -0.1) is 0 Å². The van der Waals surface area contributed by atoms with E-state index < -0.39 is 75.7 Å². The van der Waals surface area contributed by atoms with Gasteiger partial charge < -0.3 is 60.8 Å². The molecule has 0 spiro atoms. The van der Waals surface area contributed by atoms with Crippen LogP contribution in [0.2, 0.25) is 0 Å². The Hall–Kier alpha value is -9.59. The van der Waals surface area contributed by atoms with Crippen molar-refractivity contribution in [1.82, 2.24) is 0 Å². The first-order chi connectivity index (χ1) is 66.1. The van der Waals surface area contributed by atoms with Crippen molar-refractivity contribution < 1.29 is 194 Å². The highest BCUT2D eigenvalue weighted by atomic mass is 127. The third-order valence-corrected chi connectivity index (χ3v) is 36.7. The molecule has 0 bridgehead atoms. The van der Waals surface area contributed by atoms with Gasteiger partial charge in [0.15, 0.2) is 0 Å². The van der Waals surface area contributed by atoms with Gasteiger partial charge in [0.1, 0.15) is 85.9 Å². The van der Waals surface area contributed by atoms with Crippen molar-refractivity contribution in [2.24, 2.45) is 0 Å². The molecular weight excluding hydrogens is 2330 g/mol. The van der Waals surface area contributed by atoms with E-state index in [0.29, 0.717) is 40.9 Å². The molecule has 0 saturated carbocycles. The number of hydrogen-bond acceptors (Lipinski definition) is 24. The number of rotatable bonds is 20. The standard InChI is InChI=1S/2C18H18IO4.C17H16IO3.C16H16IO.4C10H14O3S/c1-18(2,3)23-17(20)22-11-21-12-8-9-16-14(10-12)13-6-4-5-7-15(13)19-16;1-18(2,3)23-17(20)22-11-21-12-8-9-14-13-6-4-5-7-15(13)19-16(14)10-12;1-17(2,3)21-16(19)20-11-8-9-15-13(10-11)12-6-4-5-7-14(12)18-15;1-16(2,3)18-11-8-9-15-13(10-11)12-6-4-5-7-14(12)17-15;4*1-3-8(2)9-4-6-10(7-5-9)14(11,12)13/h2*4-10H,11H2,1-3H3;4-10H,1-3H3;4-10H,1-3H3;4*4-8H,3H2,1-2H3,(H,11,12,13)/q4*+1;;;;/p-4. The van der Waals surface area contributed by atoms with Gasteiger partial charge in [-0.3, -0.25) is 0 Å². The molecule has 0 N–H and O–H groups in total. The van der Waals surface area contributed by atoms with Crippen LogP contribution in [-0.4, -0.2) is 106 Å². The van der Waals surface area contributed by atoms with Gasteiger partial charge in [0.2, 0.25) is 42.1 Å². The molecule has 4 unspecified atom stereocenters. The molecule has 12 aromatic rings. The smallest absolute Gasteiger partial charge is 0.514 e. The van der Waals surface area contributed by atoms with E-state index in [9.17, 15) is 66.3 Å². The van der Waals surface area contributed by atoms with E-state index >= 15 is 0 Å². The zero-order chi connectivity index (χ0) is 104. The molecule has 12 aromatic carbocycles. The Bertz CT molecular complexity index is 6430. The van der Waals surface area contributed by atoms with Crippen molar-refractivity contribution in [1.29, 1.82) is 0 Å². The second kappa shape index (κ2) is 51.3. The van der Waals surface area contributed by atoms with Gasteiger partial charge in [0, 0.05) is 50.6 Å². The van der Waals surface area contributed by atoms with Gasteiger partial charge >= 0.3 is 103 Å². The summed E-state index contributed by atoms with van der Waals surface area (Å²) in [5, 5.41) is 0. The number of carbonyl (C=O) groups is 3. The molecule has 0 radical (unpaired) electrons. The van der Waals surface area contributed by atoms with E-state index in [1.165, 1.54) is 122 Å². The molecule has 0 aliphatic carbocycles. The number of halogens is 4. The minimum absolute atomic E-state index is 0.000378. The van der Waals surface area contributed by atoms with Crippen LogP contribution in [0.25, 0.3) is 44.5 Å². The van der Waals surface area contributed by atoms with Gasteiger partial charge in [-0.05, 0) is 318 Å². The van der Waals surface area contributed by atoms with Gasteiger partial charge in [-0.25, -0.2) is 48.1 Å². The summed E-state index contributed by atoms with van der Waals surface area (Å²) in [5.74, 6) is 4.45. The predicted molar refractivity (Wildman–Crippen MR) is 522 cm³/mol. The third kappa shape index (κ3) is 36.6. The molecule has 32 heteroatoms. The first-order valence-corrected chi connectivity index (χ1v) is 59.7. The number of ether oxygens (including phenoxy) is 9. The molecule has 4 aliphatic rings. The molecule has 4 atom stereocenters. The number of hydrogen-bond donors (Lipinski definition) is 0. The molecule has 24 nitrogen and oxygen atoms in total. The minimum atomic E-state index is -4.30. The van der Waals surface area contributed by atoms with E-state index in [4.69, 9.17) is 42.6 Å². The monoisotopic (exact) mass is 2450 g/mol. The summed E-state index contributed by atoms with van der Waals surface area (Å²) in [6.07, 6.45) is 1.84. The lowest BCUT2D eigenvalue weighted by molar-refractivity contribution is -0.590. The van der Waals surface area contributed by atoms with Crippen LogP contribution in [-0.2, 0) is 64.2 Å². The Morgan fingerprint density at radius 1 is 0.270 bits per heavy atom. The Morgan fingerprint density at radius 2 is 0.504 bits per heavy atom. The molecule has 0 amide bonds. The topological polar surface area (TPSA) is 363 Å². The molecule has 0 fully saturated rings. The molecule has 0 aromatic heterocycles. The van der Waals surface area contributed by atoms with Crippen LogP contribution in [0.15, 0.2) is 287 Å². The molecule has 4 heterocycles. The zero-order valence-corrected chi connectivity index (χ0v) is 94.3. The lowest BCUT2D eigenvalue weighted by atomic mass is 9.99. The van der Waals surface area contributed by atoms with E-state index in [1.807, 2.05) is 63.2 Å². The fourth-order valence-corrected chi connectivity index (χ4v) is 26.8. The summed E-state index contributed by atoms with van der Waals surface area (Å²) >= 11 is -0.411. The molecule has 4 aliphatic heterocycles. The van der Waals surface area contributed by atoms with Crippen LogP contribution in [0.5, 0.6) is 23.0 Å². The van der Waals surface area contributed by atoms with Crippen LogP contribution >= 0.6 is 0 Å². The molecular formula is C109H120I4O24S4. The molecule has 16 rings (SSSR count). The molecule has 141 heavy (non-hydrogen) atoms. The maximum Gasteiger partial charge on any atom is 0.514 e. The fraction of sp³-hybridized carbons (Fsp3) is 0.312. The van der Waals surface area contributed by atoms with Crippen molar-refractivity contribution in [3.05, 3.63) is 318 Å². The van der Waals surface area contributed by atoms with Gasteiger partial charge in [0.25, 0.3) is 0 Å². The van der Waals surface area contributed by atoms with E-state index in [2.05, 4.69) is 204 Å². The first-order valence-electron chi connectivity index (χ1n) is 45.4. The van der Waals surface area contributed by atoms with Crippen molar-refractivity contribution in [3.63, 3.8) is 0 Å². The number of benzene rings is 12. The lowest BCUT2D eigenvalue weighted by Crippen LogP contribution is -3.61. The highest BCUT2D eigenvalue weighted by Gasteiger charge is 2.38. The Labute approximate surface area is 872 Å².